The van der Waals surface area contributed by atoms with Gasteiger partial charge in [-0.25, -0.2) is 8.42 Å². The van der Waals surface area contributed by atoms with Crippen molar-refractivity contribution in [1.82, 2.24) is 0 Å². The van der Waals surface area contributed by atoms with Gasteiger partial charge in [0.2, 0.25) is 16.8 Å². The highest BCUT2D eigenvalue weighted by atomic mass is 32.2. The molecule has 3 rings (SSSR count). The van der Waals surface area contributed by atoms with Gasteiger partial charge >= 0.3 is 0 Å². The molecule has 0 amide bonds. The van der Waals surface area contributed by atoms with Gasteiger partial charge in [0.25, 0.3) is 0 Å². The van der Waals surface area contributed by atoms with Crippen LogP contribution in [0.3, 0.4) is 0 Å². The Balaban J connectivity index is 1.65. The molecule has 134 valence electrons. The molecule has 0 fully saturated rings. The van der Waals surface area contributed by atoms with E-state index in [9.17, 15) is 8.42 Å². The van der Waals surface area contributed by atoms with Crippen LogP contribution in [0.2, 0.25) is 0 Å². The highest BCUT2D eigenvalue weighted by Gasteiger charge is 2.18. The van der Waals surface area contributed by atoms with E-state index >= 15 is 0 Å². The van der Waals surface area contributed by atoms with Crippen molar-refractivity contribution in [1.29, 1.82) is 0 Å². The van der Waals surface area contributed by atoms with Crippen molar-refractivity contribution in [3.63, 3.8) is 0 Å². The minimum Gasteiger partial charge on any atom is -0.454 e. The minimum atomic E-state index is -3.32. The third-order valence-electron chi connectivity index (χ3n) is 4.11. The van der Waals surface area contributed by atoms with E-state index in [0.29, 0.717) is 12.2 Å². The number of nitrogens with one attached hydrogen (secondary N) is 2. The number of hydrogen-bond donors (Lipinski definition) is 2. The molecule has 25 heavy (non-hydrogen) atoms. The molecule has 0 bridgehead atoms. The first kappa shape index (κ1) is 17.4. The van der Waals surface area contributed by atoms with Crippen LogP contribution in [0.1, 0.15) is 25.0 Å². The highest BCUT2D eigenvalue weighted by molar-refractivity contribution is 7.93. The molecule has 0 aromatic heterocycles. The van der Waals surface area contributed by atoms with E-state index in [1.807, 2.05) is 31.2 Å². The lowest BCUT2D eigenvalue weighted by Crippen LogP contribution is -2.22. The summed E-state index contributed by atoms with van der Waals surface area (Å²) < 4.78 is 37.2. The summed E-state index contributed by atoms with van der Waals surface area (Å²) in [6.45, 7) is 6.16. The van der Waals surface area contributed by atoms with Gasteiger partial charge in [-0.05, 0) is 50.6 Å². The monoisotopic (exact) mass is 362 g/mol. The maximum absolute atomic E-state index is 11.9. The average Bonchev–Trinajstić information content (AvgIpc) is 3.05. The van der Waals surface area contributed by atoms with Gasteiger partial charge in [0.15, 0.2) is 11.5 Å². The van der Waals surface area contributed by atoms with Crippen molar-refractivity contribution in [3.8, 4) is 11.5 Å². The van der Waals surface area contributed by atoms with Crippen LogP contribution < -0.4 is 19.5 Å². The van der Waals surface area contributed by atoms with Gasteiger partial charge in [0.05, 0.1) is 5.25 Å². The fourth-order valence-electron chi connectivity index (χ4n) is 2.47. The van der Waals surface area contributed by atoms with Crippen LogP contribution in [0.25, 0.3) is 0 Å². The highest BCUT2D eigenvalue weighted by Crippen LogP contribution is 2.39. The Bertz CT molecular complexity index is 861. The molecule has 1 aliphatic rings. The van der Waals surface area contributed by atoms with Gasteiger partial charge in [0.1, 0.15) is 0 Å². The maximum Gasteiger partial charge on any atom is 0.235 e. The SMILES string of the molecule is Cc1c(NCc2ccc(NS(=O)(=O)C(C)C)cc2)ccc2c1OCO2. The number of hydrogen-bond acceptors (Lipinski definition) is 5. The van der Waals surface area contributed by atoms with Crippen LogP contribution in [0.5, 0.6) is 11.5 Å². The van der Waals surface area contributed by atoms with Crippen molar-refractivity contribution < 1.29 is 17.9 Å². The molecule has 0 saturated carbocycles. The molecule has 0 atom stereocenters. The Hall–Kier alpha value is -2.41. The summed E-state index contributed by atoms with van der Waals surface area (Å²) in [7, 11) is -3.32. The van der Waals surface area contributed by atoms with E-state index in [0.717, 1.165) is 28.3 Å². The average molecular weight is 362 g/mol. The first-order valence-electron chi connectivity index (χ1n) is 8.10. The summed E-state index contributed by atoms with van der Waals surface area (Å²) in [4.78, 5) is 0. The van der Waals surface area contributed by atoms with Gasteiger partial charge in [-0.1, -0.05) is 12.1 Å². The lowest BCUT2D eigenvalue weighted by Gasteiger charge is -2.13. The molecule has 0 radical (unpaired) electrons. The van der Waals surface area contributed by atoms with Crippen molar-refractivity contribution in [2.75, 3.05) is 16.8 Å². The molecular formula is C18H22N2O4S. The van der Waals surface area contributed by atoms with Crippen LogP contribution in [-0.2, 0) is 16.6 Å². The third-order valence-corrected chi connectivity index (χ3v) is 5.87. The second kappa shape index (κ2) is 6.84. The van der Waals surface area contributed by atoms with E-state index in [2.05, 4.69) is 10.0 Å². The number of benzene rings is 2. The van der Waals surface area contributed by atoms with Gasteiger partial charge < -0.3 is 14.8 Å². The lowest BCUT2D eigenvalue weighted by molar-refractivity contribution is 0.173. The normalized spacial score (nSPS) is 13.1. The van der Waals surface area contributed by atoms with E-state index in [1.165, 1.54) is 0 Å². The van der Waals surface area contributed by atoms with Crippen LogP contribution in [-0.4, -0.2) is 20.5 Å². The third kappa shape index (κ3) is 3.82. The number of sulfonamides is 1. The molecule has 1 heterocycles. The Morgan fingerprint density at radius 2 is 1.80 bits per heavy atom. The molecule has 0 saturated heterocycles. The maximum atomic E-state index is 11.9. The van der Waals surface area contributed by atoms with Gasteiger partial charge in [-0.3, -0.25) is 4.72 Å². The van der Waals surface area contributed by atoms with Crippen molar-refractivity contribution in [2.45, 2.75) is 32.6 Å². The molecule has 7 heteroatoms. The van der Waals surface area contributed by atoms with Gasteiger partial charge in [0, 0.05) is 23.5 Å². The summed E-state index contributed by atoms with van der Waals surface area (Å²) in [5.74, 6) is 1.55. The van der Waals surface area contributed by atoms with Crippen molar-refractivity contribution >= 4 is 21.4 Å². The molecule has 0 aliphatic carbocycles. The molecular weight excluding hydrogens is 340 g/mol. The summed E-state index contributed by atoms with van der Waals surface area (Å²) in [6.07, 6.45) is 0. The molecule has 6 nitrogen and oxygen atoms in total. The zero-order valence-corrected chi connectivity index (χ0v) is 15.3. The van der Waals surface area contributed by atoms with Crippen LogP contribution in [0, 0.1) is 6.92 Å². The van der Waals surface area contributed by atoms with Crippen molar-refractivity contribution in [2.24, 2.45) is 0 Å². The standard InChI is InChI=1S/C18H22N2O4S/c1-12(2)25(21,22)20-15-6-4-14(5-7-15)10-19-16-8-9-17-18(13(16)3)24-11-23-17/h4-9,12,19-20H,10-11H2,1-3H3. The molecule has 2 aromatic carbocycles. The fourth-order valence-corrected chi connectivity index (χ4v) is 3.17. The van der Waals surface area contributed by atoms with Gasteiger partial charge in [-0.15, -0.1) is 0 Å². The Kier molecular flexibility index (Phi) is 4.76. The smallest absolute Gasteiger partial charge is 0.235 e. The first-order valence-corrected chi connectivity index (χ1v) is 9.65. The van der Waals surface area contributed by atoms with Gasteiger partial charge in [-0.2, -0.15) is 0 Å². The summed E-state index contributed by atoms with van der Waals surface area (Å²) in [5.41, 5.74) is 3.60. The topological polar surface area (TPSA) is 76.7 Å². The summed E-state index contributed by atoms with van der Waals surface area (Å²) in [5, 5.41) is 2.90. The zero-order valence-electron chi connectivity index (χ0n) is 14.5. The zero-order chi connectivity index (χ0) is 18.0. The predicted octanol–water partition coefficient (Wildman–Crippen LogP) is 3.49. The number of fused-ring (bicyclic) bond motifs is 1. The number of ether oxygens (including phenoxy) is 2. The summed E-state index contributed by atoms with van der Waals surface area (Å²) >= 11 is 0. The number of anilines is 2. The lowest BCUT2D eigenvalue weighted by atomic mass is 10.1. The van der Waals surface area contributed by atoms with Crippen LogP contribution in [0.4, 0.5) is 11.4 Å². The Morgan fingerprint density at radius 1 is 1.08 bits per heavy atom. The predicted molar refractivity (Wildman–Crippen MR) is 98.7 cm³/mol. The van der Waals surface area contributed by atoms with E-state index < -0.39 is 15.3 Å². The van der Waals surface area contributed by atoms with E-state index in [-0.39, 0.29) is 6.79 Å². The molecule has 2 aromatic rings. The second-order valence-electron chi connectivity index (χ2n) is 6.22. The minimum absolute atomic E-state index is 0.257. The largest absolute Gasteiger partial charge is 0.454 e. The fraction of sp³-hybridized carbons (Fsp3) is 0.333. The van der Waals surface area contributed by atoms with Crippen molar-refractivity contribution in [3.05, 3.63) is 47.5 Å². The summed E-state index contributed by atoms with van der Waals surface area (Å²) in [6, 6.07) is 11.2. The number of rotatable bonds is 6. The molecule has 0 spiro atoms. The van der Waals surface area contributed by atoms with Crippen LogP contribution >= 0.6 is 0 Å². The van der Waals surface area contributed by atoms with E-state index in [1.54, 1.807) is 26.0 Å². The molecule has 0 unspecified atom stereocenters. The molecule has 2 N–H and O–H groups in total. The van der Waals surface area contributed by atoms with Crippen LogP contribution in [0.15, 0.2) is 36.4 Å². The first-order chi connectivity index (χ1) is 11.9. The Morgan fingerprint density at radius 3 is 2.48 bits per heavy atom. The van der Waals surface area contributed by atoms with E-state index in [4.69, 9.17) is 9.47 Å². The quantitative estimate of drug-likeness (QED) is 0.823. The second-order valence-corrected chi connectivity index (χ2v) is 8.46. The molecule has 1 aliphatic heterocycles. The Labute approximate surface area is 148 Å².